The van der Waals surface area contributed by atoms with E-state index in [9.17, 15) is 29.1 Å². The third kappa shape index (κ3) is 6.78. The van der Waals surface area contributed by atoms with Crippen LogP contribution < -0.4 is 26.4 Å². The van der Waals surface area contributed by atoms with Crippen LogP contribution in [0.2, 0.25) is 0 Å². The number of amides is 4. The zero-order valence-electron chi connectivity index (χ0n) is 32.3. The second kappa shape index (κ2) is 15.3. The molecular weight excluding hydrogens is 741 g/mol. The van der Waals surface area contributed by atoms with Crippen LogP contribution in [0, 0.1) is 0 Å². The molecule has 0 saturated carbocycles. The number of hydrogen-bond acceptors (Lipinski definition) is 12. The predicted octanol–water partition coefficient (Wildman–Crippen LogP) is 4.18. The molecule has 16 heteroatoms. The minimum atomic E-state index is -1.02. The van der Waals surface area contributed by atoms with Gasteiger partial charge in [0.2, 0.25) is 17.8 Å². The number of carbonyl (C=O) groups is 4. The molecule has 4 amide bonds. The minimum Gasteiger partial charge on any atom is -0.384 e. The number of fused-ring (bicyclic) bond motifs is 3. The molecule has 5 heterocycles. The molecule has 5 aromatic rings. The first-order chi connectivity index (χ1) is 28.0. The van der Waals surface area contributed by atoms with Crippen molar-refractivity contribution < 1.29 is 24.3 Å². The topological polar surface area (TPSA) is 197 Å². The maximum absolute atomic E-state index is 13.5. The molecule has 1 unspecified atom stereocenters. The average molecular weight is 785 g/mol. The fourth-order valence-corrected chi connectivity index (χ4v) is 8.03. The van der Waals surface area contributed by atoms with Crippen LogP contribution in [0.4, 0.5) is 23.0 Å². The molecule has 3 aromatic heterocycles. The molecule has 16 nitrogen and oxygen atoms in total. The van der Waals surface area contributed by atoms with Crippen molar-refractivity contribution in [2.75, 3.05) is 35.7 Å². The van der Waals surface area contributed by atoms with E-state index in [-0.39, 0.29) is 36.1 Å². The number of rotatable bonds is 14. The number of allylic oxidation sites excluding steroid dienone is 1. The van der Waals surface area contributed by atoms with Crippen LogP contribution in [0.1, 0.15) is 77.4 Å². The van der Waals surface area contributed by atoms with Crippen molar-refractivity contribution in [3.05, 3.63) is 106 Å². The molecular formula is C42H44N10O6. The zero-order valence-corrected chi connectivity index (χ0v) is 32.3. The minimum absolute atomic E-state index is 0.0654. The van der Waals surface area contributed by atoms with Gasteiger partial charge in [-0.3, -0.25) is 34.2 Å². The summed E-state index contributed by atoms with van der Waals surface area (Å²) in [5.41, 5.74) is 3.50. The summed E-state index contributed by atoms with van der Waals surface area (Å²) in [4.78, 5) is 81.3. The van der Waals surface area contributed by atoms with E-state index in [1.54, 1.807) is 29.0 Å². The van der Waals surface area contributed by atoms with E-state index >= 15 is 0 Å². The molecule has 3 aliphatic rings. The lowest BCUT2D eigenvalue weighted by atomic mass is 9.98. The van der Waals surface area contributed by atoms with Crippen LogP contribution in [0.5, 0.6) is 0 Å². The van der Waals surface area contributed by atoms with Crippen LogP contribution in [0.3, 0.4) is 0 Å². The fraction of sp³-hybridized carbons (Fsp3) is 0.333. The Morgan fingerprint density at radius 1 is 1.02 bits per heavy atom. The predicted molar refractivity (Wildman–Crippen MR) is 217 cm³/mol. The molecule has 1 fully saturated rings. The van der Waals surface area contributed by atoms with Gasteiger partial charge in [0.15, 0.2) is 11.5 Å². The first-order valence-electron chi connectivity index (χ1n) is 19.5. The highest BCUT2D eigenvalue weighted by molar-refractivity contribution is 6.25. The SMILES string of the molecule is C=CCn1c(=O)c2cnc(Nc3ccc(N(C)CCCCNc4cccc5c4C(=O)N(C4CCC(=O)NC4=O)C5=O)cc3)nc2n1-c1ccc2c(n1)[C@@](O)(CC)CC2. The maximum atomic E-state index is 13.5. The van der Waals surface area contributed by atoms with Crippen LogP contribution in [0.15, 0.2) is 78.2 Å². The molecule has 2 aromatic carbocycles. The number of carbonyl (C=O) groups excluding carboxylic acids is 4. The summed E-state index contributed by atoms with van der Waals surface area (Å²) in [6.07, 6.45) is 6.82. The molecule has 58 heavy (non-hydrogen) atoms. The maximum Gasteiger partial charge on any atom is 0.278 e. The van der Waals surface area contributed by atoms with Crippen LogP contribution in [-0.4, -0.2) is 84.1 Å². The fourth-order valence-electron chi connectivity index (χ4n) is 8.03. The largest absolute Gasteiger partial charge is 0.384 e. The Labute approximate surface area is 333 Å². The first kappa shape index (κ1) is 38.2. The average Bonchev–Trinajstić information content (AvgIpc) is 3.80. The van der Waals surface area contributed by atoms with E-state index in [0.717, 1.165) is 47.6 Å². The number of piperidine rings is 1. The van der Waals surface area contributed by atoms with Gasteiger partial charge in [0.05, 0.1) is 23.4 Å². The molecule has 0 radical (unpaired) electrons. The van der Waals surface area contributed by atoms with Gasteiger partial charge >= 0.3 is 0 Å². The number of anilines is 4. The number of nitrogens with zero attached hydrogens (tertiary/aromatic N) is 7. The lowest BCUT2D eigenvalue weighted by molar-refractivity contribution is -0.136. The number of unbranched alkanes of at least 4 members (excludes halogenated alkanes) is 1. The van der Waals surface area contributed by atoms with Gasteiger partial charge in [0, 0.05) is 49.8 Å². The molecule has 2 atom stereocenters. The molecule has 4 N–H and O–H groups in total. The summed E-state index contributed by atoms with van der Waals surface area (Å²) in [6, 6.07) is 15.7. The van der Waals surface area contributed by atoms with Gasteiger partial charge in [-0.25, -0.2) is 19.3 Å². The lowest BCUT2D eigenvalue weighted by Crippen LogP contribution is -2.54. The Hall–Kier alpha value is -6.68. The molecule has 298 valence electrons. The number of pyridine rings is 1. The summed E-state index contributed by atoms with van der Waals surface area (Å²) >= 11 is 0. The monoisotopic (exact) mass is 784 g/mol. The highest BCUT2D eigenvalue weighted by Gasteiger charge is 2.45. The highest BCUT2D eigenvalue weighted by atomic mass is 16.3. The second-order valence-corrected chi connectivity index (χ2v) is 14.9. The standard InChI is InChI=1S/C42H44N10O6/c1-4-22-50-38(55)29-24-44-41(48-36(29)52(50)32-17-11-25-19-20-42(58,5-2)35(25)46-32)45-26-12-14-27(15-13-26)49(3)23-7-6-21-43-30-10-8-9-28-34(30)40(57)51(39(28)56)31-16-18-33(53)47-37(31)54/h4,8-15,17,24,31,43,58H,1,5-7,16,18-23H2,2-3H3,(H,44,45,48)(H,47,53,54)/t31?,42-/m1/s1. The number of benzene rings is 2. The third-order valence-corrected chi connectivity index (χ3v) is 11.3. The highest BCUT2D eigenvalue weighted by Crippen LogP contribution is 2.38. The first-order valence-corrected chi connectivity index (χ1v) is 19.5. The van der Waals surface area contributed by atoms with Crippen molar-refractivity contribution in [1.82, 2.24) is 34.5 Å². The van der Waals surface area contributed by atoms with Crippen molar-refractivity contribution in [3.63, 3.8) is 0 Å². The summed E-state index contributed by atoms with van der Waals surface area (Å²) in [6.45, 7) is 7.32. The van der Waals surface area contributed by atoms with Gasteiger partial charge in [-0.05, 0) is 86.6 Å². The normalized spacial score (nSPS) is 18.7. The number of imide groups is 2. The Bertz CT molecular complexity index is 2550. The molecule has 0 bridgehead atoms. The molecule has 0 spiro atoms. The van der Waals surface area contributed by atoms with E-state index in [1.807, 2.05) is 50.4 Å². The summed E-state index contributed by atoms with van der Waals surface area (Å²) in [7, 11) is 2.01. The number of aliphatic hydroxyl groups is 1. The van der Waals surface area contributed by atoms with Gasteiger partial charge in [0.1, 0.15) is 17.0 Å². The van der Waals surface area contributed by atoms with E-state index in [0.29, 0.717) is 53.6 Å². The van der Waals surface area contributed by atoms with E-state index < -0.39 is 35.3 Å². The van der Waals surface area contributed by atoms with Gasteiger partial charge < -0.3 is 20.6 Å². The Balaban J connectivity index is 0.893. The van der Waals surface area contributed by atoms with Crippen molar-refractivity contribution in [2.24, 2.45) is 0 Å². The summed E-state index contributed by atoms with van der Waals surface area (Å²) < 4.78 is 3.18. The van der Waals surface area contributed by atoms with Gasteiger partial charge in [-0.2, -0.15) is 4.98 Å². The van der Waals surface area contributed by atoms with Crippen LogP contribution in [-0.2, 0) is 28.2 Å². The van der Waals surface area contributed by atoms with E-state index in [4.69, 9.17) is 9.97 Å². The van der Waals surface area contributed by atoms with Gasteiger partial charge in [0.25, 0.3) is 17.4 Å². The molecule has 1 saturated heterocycles. The number of nitrogens with one attached hydrogen (secondary N) is 3. The second-order valence-electron chi connectivity index (χ2n) is 14.9. The number of hydrogen-bond donors (Lipinski definition) is 4. The van der Waals surface area contributed by atoms with E-state index in [2.05, 4.69) is 32.4 Å². The quantitative estimate of drug-likeness (QED) is 0.0714. The number of aryl methyl sites for hydroxylation is 1. The van der Waals surface area contributed by atoms with Crippen LogP contribution in [0.25, 0.3) is 16.9 Å². The molecule has 1 aliphatic carbocycles. The summed E-state index contributed by atoms with van der Waals surface area (Å²) in [5.74, 6) is -1.35. The lowest BCUT2D eigenvalue weighted by Gasteiger charge is -2.27. The van der Waals surface area contributed by atoms with Crippen molar-refractivity contribution >= 4 is 57.7 Å². The smallest absolute Gasteiger partial charge is 0.278 e. The van der Waals surface area contributed by atoms with Crippen LogP contribution >= 0.6 is 0 Å². The van der Waals surface area contributed by atoms with Crippen molar-refractivity contribution in [3.8, 4) is 5.82 Å². The third-order valence-electron chi connectivity index (χ3n) is 11.3. The zero-order chi connectivity index (χ0) is 40.7. The Kier molecular flexibility index (Phi) is 10.1. The molecule has 8 rings (SSSR count). The number of aromatic nitrogens is 5. The Morgan fingerprint density at radius 3 is 2.59 bits per heavy atom. The summed E-state index contributed by atoms with van der Waals surface area (Å²) in [5, 5.41) is 20.4. The van der Waals surface area contributed by atoms with Crippen molar-refractivity contribution in [1.29, 1.82) is 0 Å². The van der Waals surface area contributed by atoms with Crippen molar-refractivity contribution in [2.45, 2.75) is 70.1 Å². The molecule has 2 aliphatic heterocycles. The Morgan fingerprint density at radius 2 is 1.83 bits per heavy atom. The van der Waals surface area contributed by atoms with E-state index in [1.165, 1.54) is 10.9 Å². The van der Waals surface area contributed by atoms with Gasteiger partial charge in [-0.1, -0.05) is 25.1 Å². The van der Waals surface area contributed by atoms with Gasteiger partial charge in [-0.15, -0.1) is 6.58 Å².